The standard InChI is InChI=1S/C10H15N3O3/c1-7-3-13(4-8(5-14)16-7)9-2-10(15)12-6-11-9/h2,6-8,14H,3-5H2,1H3,(H,11,12,15). The van der Waals surface area contributed by atoms with Crippen LogP contribution in [-0.4, -0.2) is 47.0 Å². The van der Waals surface area contributed by atoms with Crippen LogP contribution in [0.2, 0.25) is 0 Å². The van der Waals surface area contributed by atoms with Crippen molar-refractivity contribution in [3.05, 3.63) is 22.7 Å². The summed E-state index contributed by atoms with van der Waals surface area (Å²) < 4.78 is 5.51. The van der Waals surface area contributed by atoms with E-state index in [0.29, 0.717) is 18.9 Å². The zero-order chi connectivity index (χ0) is 11.5. The highest BCUT2D eigenvalue weighted by Crippen LogP contribution is 2.16. The number of H-pyrrole nitrogens is 1. The Labute approximate surface area is 92.9 Å². The van der Waals surface area contributed by atoms with Gasteiger partial charge in [-0.25, -0.2) is 4.98 Å². The Morgan fingerprint density at radius 3 is 3.19 bits per heavy atom. The largest absolute Gasteiger partial charge is 0.394 e. The number of aliphatic hydroxyl groups excluding tert-OH is 1. The lowest BCUT2D eigenvalue weighted by Gasteiger charge is -2.36. The smallest absolute Gasteiger partial charge is 0.252 e. The van der Waals surface area contributed by atoms with Crippen molar-refractivity contribution in [1.82, 2.24) is 9.97 Å². The minimum absolute atomic E-state index is 0.0204. The van der Waals surface area contributed by atoms with Gasteiger partial charge in [0.1, 0.15) is 5.82 Å². The van der Waals surface area contributed by atoms with E-state index in [1.165, 1.54) is 12.4 Å². The predicted octanol–water partition coefficient (Wildman–Crippen LogP) is -0.644. The van der Waals surface area contributed by atoms with Gasteiger partial charge < -0.3 is 19.7 Å². The van der Waals surface area contributed by atoms with E-state index in [0.717, 1.165) is 0 Å². The first-order valence-electron chi connectivity index (χ1n) is 5.25. The van der Waals surface area contributed by atoms with Crippen molar-refractivity contribution in [3.8, 4) is 0 Å². The molecule has 6 nitrogen and oxygen atoms in total. The Balaban J connectivity index is 2.17. The third-order valence-corrected chi connectivity index (χ3v) is 2.52. The zero-order valence-electron chi connectivity index (χ0n) is 9.09. The van der Waals surface area contributed by atoms with Crippen LogP contribution in [0.15, 0.2) is 17.2 Å². The number of hydrogen-bond acceptors (Lipinski definition) is 5. The van der Waals surface area contributed by atoms with Crippen LogP contribution in [0.1, 0.15) is 6.92 Å². The molecule has 0 saturated carbocycles. The van der Waals surface area contributed by atoms with Crippen molar-refractivity contribution in [2.45, 2.75) is 19.1 Å². The zero-order valence-corrected chi connectivity index (χ0v) is 9.09. The van der Waals surface area contributed by atoms with Crippen LogP contribution in [0.25, 0.3) is 0 Å². The highest BCUT2D eigenvalue weighted by Gasteiger charge is 2.25. The van der Waals surface area contributed by atoms with Crippen molar-refractivity contribution >= 4 is 5.82 Å². The highest BCUT2D eigenvalue weighted by molar-refractivity contribution is 5.37. The molecule has 0 amide bonds. The molecule has 88 valence electrons. The van der Waals surface area contributed by atoms with Crippen LogP contribution < -0.4 is 10.5 Å². The number of nitrogens with zero attached hydrogens (tertiary/aromatic N) is 2. The lowest BCUT2D eigenvalue weighted by atomic mass is 10.2. The molecular weight excluding hydrogens is 210 g/mol. The fourth-order valence-corrected chi connectivity index (χ4v) is 1.86. The third kappa shape index (κ3) is 2.40. The quantitative estimate of drug-likeness (QED) is 0.699. The number of rotatable bonds is 2. The van der Waals surface area contributed by atoms with Crippen molar-refractivity contribution in [3.63, 3.8) is 0 Å². The predicted molar refractivity (Wildman–Crippen MR) is 58.5 cm³/mol. The van der Waals surface area contributed by atoms with Gasteiger partial charge in [-0.3, -0.25) is 4.79 Å². The van der Waals surface area contributed by atoms with Gasteiger partial charge in [0.2, 0.25) is 0 Å². The first-order valence-corrected chi connectivity index (χ1v) is 5.25. The first kappa shape index (κ1) is 11.1. The van der Waals surface area contributed by atoms with Crippen LogP contribution in [0.4, 0.5) is 5.82 Å². The lowest BCUT2D eigenvalue weighted by molar-refractivity contribution is -0.0423. The molecule has 1 fully saturated rings. The van der Waals surface area contributed by atoms with Crippen molar-refractivity contribution < 1.29 is 9.84 Å². The van der Waals surface area contributed by atoms with Gasteiger partial charge in [0.25, 0.3) is 5.56 Å². The molecule has 1 aliphatic heterocycles. The normalized spacial score (nSPS) is 25.8. The Morgan fingerprint density at radius 2 is 2.50 bits per heavy atom. The number of aromatic amines is 1. The fourth-order valence-electron chi connectivity index (χ4n) is 1.86. The second kappa shape index (κ2) is 4.63. The average Bonchev–Trinajstić information content (AvgIpc) is 2.28. The van der Waals surface area contributed by atoms with Crippen LogP contribution in [0.3, 0.4) is 0 Å². The van der Waals surface area contributed by atoms with E-state index in [4.69, 9.17) is 9.84 Å². The van der Waals surface area contributed by atoms with Gasteiger partial charge in [-0.15, -0.1) is 0 Å². The summed E-state index contributed by atoms with van der Waals surface area (Å²) in [4.78, 5) is 19.7. The molecule has 16 heavy (non-hydrogen) atoms. The molecule has 2 unspecified atom stereocenters. The number of aromatic nitrogens is 2. The Morgan fingerprint density at radius 1 is 1.69 bits per heavy atom. The van der Waals surface area contributed by atoms with E-state index in [-0.39, 0.29) is 24.4 Å². The van der Waals surface area contributed by atoms with Crippen molar-refractivity contribution in [2.75, 3.05) is 24.6 Å². The van der Waals surface area contributed by atoms with Crippen LogP contribution in [0, 0.1) is 0 Å². The van der Waals surface area contributed by atoms with E-state index < -0.39 is 0 Å². The number of morpholine rings is 1. The van der Waals surface area contributed by atoms with Gasteiger partial charge in [-0.2, -0.15) is 0 Å². The van der Waals surface area contributed by atoms with E-state index in [9.17, 15) is 4.79 Å². The molecule has 6 heteroatoms. The Kier molecular flexibility index (Phi) is 3.21. The summed E-state index contributed by atoms with van der Waals surface area (Å²) in [5.74, 6) is 0.623. The fraction of sp³-hybridized carbons (Fsp3) is 0.600. The molecule has 1 aromatic rings. The van der Waals surface area contributed by atoms with Gasteiger partial charge in [-0.05, 0) is 6.92 Å². The molecule has 2 rings (SSSR count). The van der Waals surface area contributed by atoms with Crippen molar-refractivity contribution in [2.24, 2.45) is 0 Å². The van der Waals surface area contributed by atoms with Crippen LogP contribution in [-0.2, 0) is 4.74 Å². The first-order chi connectivity index (χ1) is 7.69. The maximum atomic E-state index is 11.2. The second-order valence-corrected chi connectivity index (χ2v) is 3.93. The van der Waals surface area contributed by atoms with Gasteiger partial charge in [-0.1, -0.05) is 0 Å². The SMILES string of the molecule is CC1CN(c2cc(=O)[nH]cn2)CC(CO)O1. The molecule has 0 aliphatic carbocycles. The Hall–Kier alpha value is -1.40. The number of nitrogens with one attached hydrogen (secondary N) is 1. The van der Waals surface area contributed by atoms with Crippen LogP contribution in [0.5, 0.6) is 0 Å². The van der Waals surface area contributed by atoms with Gasteiger partial charge in [0, 0.05) is 19.2 Å². The summed E-state index contributed by atoms with van der Waals surface area (Å²) in [7, 11) is 0. The van der Waals surface area contributed by atoms with E-state index >= 15 is 0 Å². The van der Waals surface area contributed by atoms with Gasteiger partial charge >= 0.3 is 0 Å². The third-order valence-electron chi connectivity index (χ3n) is 2.52. The highest BCUT2D eigenvalue weighted by atomic mass is 16.5. The maximum absolute atomic E-state index is 11.2. The monoisotopic (exact) mass is 225 g/mol. The summed E-state index contributed by atoms with van der Waals surface area (Å²) in [5.41, 5.74) is -0.176. The summed E-state index contributed by atoms with van der Waals surface area (Å²) in [6.07, 6.45) is 1.18. The number of anilines is 1. The van der Waals surface area contributed by atoms with E-state index in [2.05, 4.69) is 9.97 Å². The molecule has 2 heterocycles. The molecule has 0 radical (unpaired) electrons. The molecule has 1 aromatic heterocycles. The number of aliphatic hydroxyl groups is 1. The van der Waals surface area contributed by atoms with Crippen LogP contribution >= 0.6 is 0 Å². The summed E-state index contributed by atoms with van der Waals surface area (Å²) in [5, 5.41) is 9.09. The minimum atomic E-state index is -0.218. The summed E-state index contributed by atoms with van der Waals surface area (Å²) in [6, 6.07) is 1.45. The van der Waals surface area contributed by atoms with E-state index in [1.54, 1.807) is 0 Å². The average molecular weight is 225 g/mol. The number of hydrogen-bond donors (Lipinski definition) is 2. The maximum Gasteiger partial charge on any atom is 0.252 e. The minimum Gasteiger partial charge on any atom is -0.394 e. The topological polar surface area (TPSA) is 78.5 Å². The molecule has 1 aliphatic rings. The lowest BCUT2D eigenvalue weighted by Crippen LogP contribution is -2.48. The van der Waals surface area contributed by atoms with Crippen molar-refractivity contribution in [1.29, 1.82) is 0 Å². The molecule has 2 N–H and O–H groups in total. The molecule has 0 spiro atoms. The molecule has 2 atom stereocenters. The summed E-state index contributed by atoms with van der Waals surface area (Å²) in [6.45, 7) is 3.14. The van der Waals surface area contributed by atoms with E-state index in [1.807, 2.05) is 11.8 Å². The number of ether oxygens (including phenoxy) is 1. The molecule has 1 saturated heterocycles. The molecule has 0 aromatic carbocycles. The van der Waals surface area contributed by atoms with Gasteiger partial charge in [0.05, 0.1) is 25.1 Å². The second-order valence-electron chi connectivity index (χ2n) is 3.93. The van der Waals surface area contributed by atoms with Gasteiger partial charge in [0.15, 0.2) is 0 Å². The Bertz CT molecular complexity index is 406. The molecule has 0 bridgehead atoms. The summed E-state index contributed by atoms with van der Waals surface area (Å²) >= 11 is 0. The molecular formula is C10H15N3O3.